The van der Waals surface area contributed by atoms with Crippen LogP contribution in [-0.2, 0) is 0 Å². The van der Waals surface area contributed by atoms with Gasteiger partial charge in [0.1, 0.15) is 0 Å². The summed E-state index contributed by atoms with van der Waals surface area (Å²) < 4.78 is 0. The molecule has 0 amide bonds. The largest absolute Gasteiger partial charge is 0.310 e. The van der Waals surface area contributed by atoms with Crippen molar-refractivity contribution in [3.63, 3.8) is 0 Å². The van der Waals surface area contributed by atoms with Crippen LogP contribution in [0, 0.1) is 20.2 Å². The highest BCUT2D eigenvalue weighted by molar-refractivity contribution is 4.78. The van der Waals surface area contributed by atoms with E-state index in [4.69, 9.17) is 0 Å². The Morgan fingerprint density at radius 3 is 1.25 bits per heavy atom. The van der Waals surface area contributed by atoms with Gasteiger partial charge in [0.05, 0.1) is 13.1 Å². The van der Waals surface area contributed by atoms with Crippen LogP contribution in [0.4, 0.5) is 0 Å². The second kappa shape index (κ2) is 18.2. The topological polar surface area (TPSA) is 110 Å². The molecule has 0 aliphatic carbocycles. The Kier molecular flexibility index (Phi) is 17.5. The smallest absolute Gasteiger partial charge is 0.231 e. The van der Waals surface area contributed by atoms with Crippen molar-refractivity contribution in [1.29, 1.82) is 0 Å². The van der Waals surface area contributed by atoms with Crippen molar-refractivity contribution in [2.45, 2.75) is 129 Å². The van der Waals surface area contributed by atoms with E-state index in [1.807, 2.05) is 0 Å². The van der Waals surface area contributed by atoms with Crippen LogP contribution in [0.25, 0.3) is 0 Å². The van der Waals surface area contributed by atoms with Crippen LogP contribution in [0.2, 0.25) is 0 Å². The molecule has 0 spiro atoms. The quantitative estimate of drug-likeness (QED) is 0.115. The molecule has 0 heterocycles. The molecule has 0 aromatic heterocycles. The normalized spacial score (nSPS) is 15.2. The number of hydrogen-bond donors (Lipinski definition) is 2. The number of hydrogen-bond acceptors (Lipinski definition) is 6. The number of unbranched alkanes of at least 4 members (excludes halogenated alkanes) is 9. The average molecular weight is 459 g/mol. The maximum absolute atomic E-state index is 11.5. The summed E-state index contributed by atoms with van der Waals surface area (Å²) >= 11 is 0. The van der Waals surface area contributed by atoms with E-state index in [0.29, 0.717) is 25.9 Å². The molecule has 32 heavy (non-hydrogen) atoms. The Balaban J connectivity index is 3.89. The fourth-order valence-electron chi connectivity index (χ4n) is 3.92. The van der Waals surface area contributed by atoms with Crippen molar-refractivity contribution < 1.29 is 9.85 Å². The van der Waals surface area contributed by atoms with Crippen LogP contribution >= 0.6 is 0 Å². The Morgan fingerprint density at radius 2 is 0.938 bits per heavy atom. The molecule has 2 atom stereocenters. The zero-order chi connectivity index (χ0) is 24.3. The molecule has 8 nitrogen and oxygen atoms in total. The number of nitro groups is 2. The first kappa shape index (κ1) is 30.7. The lowest BCUT2D eigenvalue weighted by Gasteiger charge is -2.21. The van der Waals surface area contributed by atoms with Crippen molar-refractivity contribution in [2.75, 3.05) is 26.2 Å². The zero-order valence-electron chi connectivity index (χ0n) is 21.3. The predicted octanol–water partition coefficient (Wildman–Crippen LogP) is 5.74. The molecule has 0 aliphatic rings. The zero-order valence-corrected chi connectivity index (χ0v) is 21.3. The lowest BCUT2D eigenvalue weighted by atomic mass is 9.94. The lowest BCUT2D eigenvalue weighted by molar-refractivity contribution is -0.564. The highest BCUT2D eigenvalue weighted by Gasteiger charge is 2.36. The number of nitrogens with one attached hydrogen (secondary N) is 2. The van der Waals surface area contributed by atoms with Gasteiger partial charge in [-0.25, -0.2) is 0 Å². The van der Waals surface area contributed by atoms with Gasteiger partial charge >= 0.3 is 0 Å². The molecule has 0 bridgehead atoms. The summed E-state index contributed by atoms with van der Waals surface area (Å²) in [7, 11) is 0. The highest BCUT2D eigenvalue weighted by atomic mass is 16.6. The van der Waals surface area contributed by atoms with Gasteiger partial charge in [0, 0.05) is 36.5 Å². The first-order valence-electron chi connectivity index (χ1n) is 12.9. The van der Waals surface area contributed by atoms with Crippen LogP contribution in [0.3, 0.4) is 0 Å². The summed E-state index contributed by atoms with van der Waals surface area (Å²) in [6.45, 7) is 10.2. The van der Waals surface area contributed by atoms with Gasteiger partial charge in [-0.05, 0) is 38.8 Å². The molecule has 8 heteroatoms. The van der Waals surface area contributed by atoms with E-state index in [1.54, 1.807) is 13.8 Å². The molecule has 2 N–H and O–H groups in total. The fourth-order valence-corrected chi connectivity index (χ4v) is 3.92. The van der Waals surface area contributed by atoms with Crippen molar-refractivity contribution in [1.82, 2.24) is 10.6 Å². The number of rotatable bonds is 23. The summed E-state index contributed by atoms with van der Waals surface area (Å²) in [5.74, 6) is 0. The van der Waals surface area contributed by atoms with Gasteiger partial charge in [-0.2, -0.15) is 0 Å². The monoisotopic (exact) mass is 458 g/mol. The van der Waals surface area contributed by atoms with E-state index in [1.165, 1.54) is 0 Å². The molecule has 0 aromatic rings. The van der Waals surface area contributed by atoms with Crippen molar-refractivity contribution in [3.8, 4) is 0 Å². The Morgan fingerprint density at radius 1 is 0.594 bits per heavy atom. The highest BCUT2D eigenvalue weighted by Crippen LogP contribution is 2.19. The second-order valence-electron chi connectivity index (χ2n) is 9.90. The third kappa shape index (κ3) is 14.0. The minimum Gasteiger partial charge on any atom is -0.310 e. The van der Waals surface area contributed by atoms with Gasteiger partial charge in [0.25, 0.3) is 0 Å². The van der Waals surface area contributed by atoms with Gasteiger partial charge in [-0.15, -0.1) is 0 Å². The van der Waals surface area contributed by atoms with E-state index in [9.17, 15) is 20.2 Å². The molecule has 0 aliphatic heterocycles. The predicted molar refractivity (Wildman–Crippen MR) is 133 cm³/mol. The van der Waals surface area contributed by atoms with Gasteiger partial charge in [-0.3, -0.25) is 20.2 Å². The minimum atomic E-state index is -0.877. The fraction of sp³-hybridized carbons (Fsp3) is 1.00. The first-order valence-corrected chi connectivity index (χ1v) is 12.9. The van der Waals surface area contributed by atoms with E-state index in [2.05, 4.69) is 24.5 Å². The maximum atomic E-state index is 11.5. The summed E-state index contributed by atoms with van der Waals surface area (Å²) in [5, 5.41) is 29.5. The Hall–Kier alpha value is -1.28. The van der Waals surface area contributed by atoms with E-state index < -0.39 is 11.1 Å². The van der Waals surface area contributed by atoms with Gasteiger partial charge in [-0.1, -0.05) is 65.2 Å². The second-order valence-corrected chi connectivity index (χ2v) is 9.90. The van der Waals surface area contributed by atoms with Gasteiger partial charge in [0.2, 0.25) is 11.1 Å². The maximum Gasteiger partial charge on any atom is 0.231 e. The molecule has 0 rings (SSSR count). The Bertz CT molecular complexity index is 462. The van der Waals surface area contributed by atoms with Crippen LogP contribution in [0.1, 0.15) is 118 Å². The molecular formula is C24H50N4O4. The van der Waals surface area contributed by atoms with Crippen molar-refractivity contribution in [2.24, 2.45) is 0 Å². The van der Waals surface area contributed by atoms with E-state index >= 15 is 0 Å². The molecule has 0 radical (unpaired) electrons. The Labute approximate surface area is 196 Å². The third-order valence-corrected chi connectivity index (χ3v) is 6.49. The molecular weight excluding hydrogens is 408 g/mol. The van der Waals surface area contributed by atoms with Gasteiger partial charge < -0.3 is 10.6 Å². The first-order chi connectivity index (χ1) is 15.2. The van der Waals surface area contributed by atoms with Crippen LogP contribution in [0.5, 0.6) is 0 Å². The summed E-state index contributed by atoms with van der Waals surface area (Å²) in [6.07, 6.45) is 13.9. The SMILES string of the molecule is CCCCCCC(C)(CNCCCCCCNCC(C)(CCCCCC)[N+](=O)[O-])[N+](=O)[O-]. The van der Waals surface area contributed by atoms with Crippen LogP contribution in [-0.4, -0.2) is 47.1 Å². The summed E-state index contributed by atoms with van der Waals surface area (Å²) in [5.41, 5.74) is -1.75. The molecule has 0 saturated heterocycles. The summed E-state index contributed by atoms with van der Waals surface area (Å²) in [6, 6.07) is 0. The van der Waals surface area contributed by atoms with Crippen molar-refractivity contribution in [3.05, 3.63) is 20.2 Å². The minimum absolute atomic E-state index is 0.125. The average Bonchev–Trinajstić information content (AvgIpc) is 2.75. The van der Waals surface area contributed by atoms with Crippen LogP contribution < -0.4 is 10.6 Å². The van der Waals surface area contributed by atoms with Gasteiger partial charge in [0.15, 0.2) is 0 Å². The standard InChI is InChI=1S/C24H50N4O4/c1-5-7-9-13-17-23(3,27(29)30)21-25-19-15-11-12-16-20-26-22-24(4,28(31)32)18-14-10-8-6-2/h25-26H,5-22H2,1-4H3. The van der Waals surface area contributed by atoms with E-state index in [0.717, 1.165) is 90.1 Å². The molecule has 190 valence electrons. The number of nitrogens with zero attached hydrogens (tertiary/aromatic N) is 2. The van der Waals surface area contributed by atoms with Crippen LogP contribution in [0.15, 0.2) is 0 Å². The lowest BCUT2D eigenvalue weighted by Crippen LogP contribution is -2.45. The van der Waals surface area contributed by atoms with Crippen molar-refractivity contribution >= 4 is 0 Å². The molecule has 0 fully saturated rings. The van der Waals surface area contributed by atoms with E-state index in [-0.39, 0.29) is 9.85 Å². The molecule has 2 unspecified atom stereocenters. The molecule has 0 saturated carbocycles. The summed E-state index contributed by atoms with van der Waals surface area (Å²) in [4.78, 5) is 22.7. The molecule has 0 aromatic carbocycles. The third-order valence-electron chi connectivity index (χ3n) is 6.49.